The molecule has 0 amide bonds. The average Bonchev–Trinajstić information content (AvgIpc) is 2.65. The Bertz CT molecular complexity index is 658. The van der Waals surface area contributed by atoms with Crippen molar-refractivity contribution >= 4 is 11.9 Å². The number of benzene rings is 2. The van der Waals surface area contributed by atoms with Crippen molar-refractivity contribution in [2.45, 2.75) is 6.10 Å². The van der Waals surface area contributed by atoms with Gasteiger partial charge in [-0.3, -0.25) is 0 Å². The third-order valence-corrected chi connectivity index (χ3v) is 3.40. The van der Waals surface area contributed by atoms with Gasteiger partial charge in [0.15, 0.2) is 0 Å². The molecule has 0 bridgehead atoms. The van der Waals surface area contributed by atoms with Gasteiger partial charge in [0.25, 0.3) is 0 Å². The van der Waals surface area contributed by atoms with Crippen molar-refractivity contribution in [1.82, 2.24) is 4.90 Å². The number of carboxylic acids is 2. The van der Waals surface area contributed by atoms with Gasteiger partial charge in [-0.2, -0.15) is 0 Å². The third kappa shape index (κ3) is 9.94. The first-order valence-electron chi connectivity index (χ1n) is 8.40. The Morgan fingerprint density at radius 1 is 0.889 bits per heavy atom. The summed E-state index contributed by atoms with van der Waals surface area (Å²) in [7, 11) is 4.12. The summed E-state index contributed by atoms with van der Waals surface area (Å²) in [6.45, 7) is 1.65. The molecule has 6 heteroatoms. The molecule has 2 aromatic rings. The number of hydrogen-bond acceptors (Lipinski definition) is 4. The Hall–Kier alpha value is -2.96. The first-order chi connectivity index (χ1) is 12.9. The van der Waals surface area contributed by atoms with Crippen LogP contribution in [-0.2, 0) is 14.3 Å². The minimum Gasteiger partial charge on any atom is -0.478 e. The number of carboxylic acid groups (broad SMARTS) is 2. The van der Waals surface area contributed by atoms with E-state index in [9.17, 15) is 9.59 Å². The van der Waals surface area contributed by atoms with Crippen molar-refractivity contribution in [3.8, 4) is 0 Å². The lowest BCUT2D eigenvalue weighted by Gasteiger charge is -2.20. The van der Waals surface area contributed by atoms with Gasteiger partial charge in [0.1, 0.15) is 6.10 Å². The van der Waals surface area contributed by atoms with Gasteiger partial charge >= 0.3 is 11.9 Å². The van der Waals surface area contributed by atoms with Crippen LogP contribution in [0.15, 0.2) is 72.8 Å². The van der Waals surface area contributed by atoms with Crippen molar-refractivity contribution in [1.29, 1.82) is 0 Å². The standard InChI is InChI=1S/C17H21NO.C4H4O4/c1-18(2)13-14-19-17(15-9-5-3-6-10-15)16-11-7-4-8-12-16;5-3(6)1-2-4(7)8/h3-12,17H,13-14H2,1-2H3;1-2H,(H,5,6)(H,7,8)/b;2-1-. The minimum atomic E-state index is -1.26. The summed E-state index contributed by atoms with van der Waals surface area (Å²) in [5.74, 6) is -2.51. The van der Waals surface area contributed by atoms with E-state index in [1.165, 1.54) is 11.1 Å². The van der Waals surface area contributed by atoms with Crippen LogP contribution in [0.5, 0.6) is 0 Å². The molecule has 0 fully saturated rings. The Morgan fingerprint density at radius 2 is 1.30 bits per heavy atom. The van der Waals surface area contributed by atoms with Crippen LogP contribution in [-0.4, -0.2) is 54.3 Å². The van der Waals surface area contributed by atoms with Gasteiger partial charge in [-0.25, -0.2) is 9.59 Å². The maximum absolute atomic E-state index is 9.55. The molecule has 0 spiro atoms. The van der Waals surface area contributed by atoms with Gasteiger partial charge < -0.3 is 19.8 Å². The molecule has 6 nitrogen and oxygen atoms in total. The van der Waals surface area contributed by atoms with E-state index in [0.717, 1.165) is 13.2 Å². The van der Waals surface area contributed by atoms with Crippen molar-refractivity contribution in [2.75, 3.05) is 27.2 Å². The van der Waals surface area contributed by atoms with Crippen LogP contribution in [0.2, 0.25) is 0 Å². The van der Waals surface area contributed by atoms with Crippen LogP contribution in [0.1, 0.15) is 17.2 Å². The number of likely N-dealkylation sites (N-methyl/N-ethyl adjacent to an activating group) is 1. The van der Waals surface area contributed by atoms with E-state index >= 15 is 0 Å². The van der Waals surface area contributed by atoms with Gasteiger partial charge in [-0.05, 0) is 25.2 Å². The summed E-state index contributed by atoms with van der Waals surface area (Å²) >= 11 is 0. The molecule has 144 valence electrons. The molecule has 0 aliphatic rings. The molecule has 0 aliphatic heterocycles. The van der Waals surface area contributed by atoms with Crippen molar-refractivity contribution < 1.29 is 24.5 Å². The molecule has 2 aromatic carbocycles. The van der Waals surface area contributed by atoms with Gasteiger partial charge in [-0.1, -0.05) is 60.7 Å². The van der Waals surface area contributed by atoms with Gasteiger partial charge in [0.05, 0.1) is 6.61 Å². The largest absolute Gasteiger partial charge is 0.478 e. The fourth-order valence-corrected chi connectivity index (χ4v) is 2.14. The molecule has 27 heavy (non-hydrogen) atoms. The molecule has 0 heterocycles. The lowest BCUT2D eigenvalue weighted by atomic mass is 10.0. The second-order valence-corrected chi connectivity index (χ2v) is 5.89. The molecule has 0 aliphatic carbocycles. The van der Waals surface area contributed by atoms with E-state index in [1.54, 1.807) is 0 Å². The van der Waals surface area contributed by atoms with E-state index in [-0.39, 0.29) is 6.10 Å². The number of ether oxygens (including phenoxy) is 1. The average molecular weight is 371 g/mol. The summed E-state index contributed by atoms with van der Waals surface area (Å²) < 4.78 is 6.08. The minimum absolute atomic E-state index is 0.0161. The molecular weight excluding hydrogens is 346 g/mol. The molecule has 0 atom stereocenters. The lowest BCUT2D eigenvalue weighted by Crippen LogP contribution is -2.20. The molecule has 0 unspecified atom stereocenters. The molecule has 2 rings (SSSR count). The molecule has 0 aromatic heterocycles. The molecule has 0 radical (unpaired) electrons. The number of hydrogen-bond donors (Lipinski definition) is 2. The summed E-state index contributed by atoms with van der Waals surface area (Å²) in [6.07, 6.45) is 1.13. The topological polar surface area (TPSA) is 87.1 Å². The highest BCUT2D eigenvalue weighted by molar-refractivity contribution is 5.89. The Morgan fingerprint density at radius 3 is 1.63 bits per heavy atom. The second-order valence-electron chi connectivity index (χ2n) is 5.89. The van der Waals surface area contributed by atoms with Crippen LogP contribution in [0.25, 0.3) is 0 Å². The maximum Gasteiger partial charge on any atom is 0.328 e. The summed E-state index contributed by atoms with van der Waals surface area (Å²) in [5, 5.41) is 15.6. The van der Waals surface area contributed by atoms with E-state index in [2.05, 4.69) is 67.5 Å². The maximum atomic E-state index is 9.55. The number of aliphatic carboxylic acids is 2. The van der Waals surface area contributed by atoms with Gasteiger partial charge in [0, 0.05) is 18.7 Å². The number of carbonyl (C=O) groups is 2. The van der Waals surface area contributed by atoms with Crippen LogP contribution >= 0.6 is 0 Å². The van der Waals surface area contributed by atoms with Crippen molar-refractivity contribution in [2.24, 2.45) is 0 Å². The van der Waals surface area contributed by atoms with Gasteiger partial charge in [-0.15, -0.1) is 0 Å². The summed E-state index contributed by atoms with van der Waals surface area (Å²) in [5.41, 5.74) is 2.40. The first-order valence-corrected chi connectivity index (χ1v) is 8.40. The summed E-state index contributed by atoms with van der Waals surface area (Å²) in [4.78, 5) is 21.2. The highest BCUT2D eigenvalue weighted by atomic mass is 16.5. The summed E-state index contributed by atoms with van der Waals surface area (Å²) in [6, 6.07) is 20.8. The highest BCUT2D eigenvalue weighted by Crippen LogP contribution is 2.25. The van der Waals surface area contributed by atoms with Crippen LogP contribution < -0.4 is 0 Å². The Kier molecular flexibility index (Phi) is 10.1. The number of rotatable bonds is 8. The molecule has 0 saturated carbocycles. The van der Waals surface area contributed by atoms with Crippen LogP contribution in [0.3, 0.4) is 0 Å². The zero-order valence-electron chi connectivity index (χ0n) is 15.5. The Balaban J connectivity index is 0.000000387. The smallest absolute Gasteiger partial charge is 0.328 e. The fourth-order valence-electron chi connectivity index (χ4n) is 2.14. The quantitative estimate of drug-likeness (QED) is 0.694. The number of nitrogens with zero attached hydrogens (tertiary/aromatic N) is 1. The van der Waals surface area contributed by atoms with E-state index in [0.29, 0.717) is 12.2 Å². The lowest BCUT2D eigenvalue weighted by molar-refractivity contribution is -0.134. The molecular formula is C21H25NO5. The van der Waals surface area contributed by atoms with Crippen LogP contribution in [0.4, 0.5) is 0 Å². The SMILES string of the molecule is CN(C)CCOC(c1ccccc1)c1ccccc1.O=C(O)/C=C\C(=O)O. The second kappa shape index (κ2) is 12.4. The highest BCUT2D eigenvalue weighted by Gasteiger charge is 2.13. The predicted molar refractivity (Wildman–Crippen MR) is 104 cm³/mol. The van der Waals surface area contributed by atoms with Crippen molar-refractivity contribution in [3.05, 3.63) is 83.9 Å². The van der Waals surface area contributed by atoms with Gasteiger partial charge in [0.2, 0.25) is 0 Å². The van der Waals surface area contributed by atoms with E-state index < -0.39 is 11.9 Å². The zero-order chi connectivity index (χ0) is 20.1. The first kappa shape index (κ1) is 22.1. The van der Waals surface area contributed by atoms with E-state index in [4.69, 9.17) is 14.9 Å². The van der Waals surface area contributed by atoms with Crippen LogP contribution in [0, 0.1) is 0 Å². The predicted octanol–water partition coefficient (Wildman–Crippen LogP) is 3.07. The van der Waals surface area contributed by atoms with Crippen molar-refractivity contribution in [3.63, 3.8) is 0 Å². The molecule has 0 saturated heterocycles. The fraction of sp³-hybridized carbons (Fsp3) is 0.238. The van der Waals surface area contributed by atoms with E-state index in [1.807, 2.05) is 12.1 Å². The monoisotopic (exact) mass is 371 g/mol. The Labute approximate surface area is 159 Å². The normalized spacial score (nSPS) is 10.7. The molecule has 2 N–H and O–H groups in total. The zero-order valence-corrected chi connectivity index (χ0v) is 15.5. The third-order valence-electron chi connectivity index (χ3n) is 3.40.